The molecule has 0 aliphatic carbocycles. The number of halogens is 1. The van der Waals surface area contributed by atoms with Crippen LogP contribution in [0.5, 0.6) is 5.75 Å². The van der Waals surface area contributed by atoms with Crippen LogP contribution in [0.3, 0.4) is 0 Å². The lowest BCUT2D eigenvalue weighted by Gasteiger charge is -2.16. The molecule has 0 fully saturated rings. The van der Waals surface area contributed by atoms with E-state index < -0.39 is 0 Å². The Hall–Kier alpha value is -3.22. The quantitative estimate of drug-likeness (QED) is 0.683. The third-order valence-electron chi connectivity index (χ3n) is 3.87. The van der Waals surface area contributed by atoms with E-state index in [0.717, 1.165) is 11.3 Å². The van der Waals surface area contributed by atoms with Crippen LogP contribution in [0, 0.1) is 12.7 Å². The van der Waals surface area contributed by atoms with E-state index in [-0.39, 0.29) is 17.4 Å². The minimum Gasteiger partial charge on any atom is -0.492 e. The molecule has 0 saturated heterocycles. The van der Waals surface area contributed by atoms with Gasteiger partial charge in [0.1, 0.15) is 18.2 Å². The van der Waals surface area contributed by atoms with E-state index in [2.05, 4.69) is 10.3 Å². The molecule has 1 amide bonds. The number of aryl methyl sites for hydroxylation is 1. The third-order valence-corrected chi connectivity index (χ3v) is 3.87. The molecular formula is C19H19FN4O2. The van der Waals surface area contributed by atoms with Crippen molar-refractivity contribution in [2.45, 2.75) is 6.92 Å². The molecule has 0 aliphatic heterocycles. The molecule has 3 aromatic rings. The van der Waals surface area contributed by atoms with E-state index in [0.29, 0.717) is 18.9 Å². The van der Waals surface area contributed by atoms with Crippen molar-refractivity contribution >= 4 is 5.91 Å². The second kappa shape index (κ2) is 7.77. The second-order valence-corrected chi connectivity index (χ2v) is 5.91. The van der Waals surface area contributed by atoms with E-state index >= 15 is 0 Å². The van der Waals surface area contributed by atoms with Gasteiger partial charge in [-0.2, -0.15) is 0 Å². The zero-order chi connectivity index (χ0) is 18.5. The number of amides is 1. The van der Waals surface area contributed by atoms with Crippen molar-refractivity contribution in [2.24, 2.45) is 0 Å². The van der Waals surface area contributed by atoms with Gasteiger partial charge in [0.2, 0.25) is 0 Å². The third kappa shape index (κ3) is 4.24. The van der Waals surface area contributed by atoms with Crippen LogP contribution >= 0.6 is 0 Å². The smallest absolute Gasteiger partial charge is 0.275 e. The molecule has 0 unspecified atom stereocenters. The Balaban J connectivity index is 1.56. The largest absolute Gasteiger partial charge is 0.492 e. The predicted octanol–water partition coefficient (Wildman–Crippen LogP) is 2.87. The molecular weight excluding hydrogens is 335 g/mol. The number of ether oxygens (including phenoxy) is 1. The van der Waals surface area contributed by atoms with Gasteiger partial charge in [0.25, 0.3) is 5.91 Å². The minimum atomic E-state index is -0.318. The zero-order valence-electron chi connectivity index (χ0n) is 14.6. The normalized spacial score (nSPS) is 10.6. The van der Waals surface area contributed by atoms with Crippen LogP contribution in [-0.4, -0.2) is 46.0 Å². The molecule has 6 nitrogen and oxygen atoms in total. The highest BCUT2D eigenvalue weighted by atomic mass is 19.1. The van der Waals surface area contributed by atoms with Crippen molar-refractivity contribution in [2.75, 3.05) is 20.2 Å². The number of aromatic nitrogens is 3. The maximum atomic E-state index is 12.9. The molecule has 0 saturated carbocycles. The average molecular weight is 354 g/mol. The fourth-order valence-corrected chi connectivity index (χ4v) is 2.31. The van der Waals surface area contributed by atoms with Crippen LogP contribution in [0.2, 0.25) is 0 Å². The Morgan fingerprint density at radius 2 is 1.85 bits per heavy atom. The number of nitrogens with zero attached hydrogens (tertiary/aromatic N) is 4. The number of likely N-dealkylation sites (N-methyl/N-ethyl adjacent to an activating group) is 1. The van der Waals surface area contributed by atoms with Gasteiger partial charge in [-0.3, -0.25) is 4.79 Å². The molecule has 0 radical (unpaired) electrons. The van der Waals surface area contributed by atoms with Crippen LogP contribution in [0.1, 0.15) is 16.1 Å². The Labute approximate surface area is 150 Å². The summed E-state index contributed by atoms with van der Waals surface area (Å²) < 4.78 is 19.9. The topological polar surface area (TPSA) is 60.2 Å². The van der Waals surface area contributed by atoms with Gasteiger partial charge in [-0.15, -0.1) is 5.10 Å². The second-order valence-electron chi connectivity index (χ2n) is 5.91. The number of hydrogen-bond donors (Lipinski definition) is 0. The first kappa shape index (κ1) is 17.6. The van der Waals surface area contributed by atoms with E-state index in [1.165, 1.54) is 17.0 Å². The maximum absolute atomic E-state index is 12.9. The van der Waals surface area contributed by atoms with Gasteiger partial charge in [0, 0.05) is 7.05 Å². The number of carbonyl (C=O) groups excluding carboxylic acids is 1. The highest BCUT2D eigenvalue weighted by Crippen LogP contribution is 2.12. The minimum absolute atomic E-state index is 0.244. The van der Waals surface area contributed by atoms with Gasteiger partial charge in [-0.05, 0) is 43.3 Å². The van der Waals surface area contributed by atoms with Gasteiger partial charge >= 0.3 is 0 Å². The molecule has 134 valence electrons. The number of rotatable bonds is 6. The summed E-state index contributed by atoms with van der Waals surface area (Å²) in [6.45, 7) is 2.66. The number of benzene rings is 2. The van der Waals surface area contributed by atoms with E-state index in [4.69, 9.17) is 4.74 Å². The molecule has 1 heterocycles. The highest BCUT2D eigenvalue weighted by Gasteiger charge is 2.16. The van der Waals surface area contributed by atoms with Crippen LogP contribution < -0.4 is 4.74 Å². The lowest BCUT2D eigenvalue weighted by Crippen LogP contribution is -2.31. The molecule has 26 heavy (non-hydrogen) atoms. The number of carbonyl (C=O) groups is 1. The van der Waals surface area contributed by atoms with Crippen molar-refractivity contribution in [3.05, 3.63) is 71.8 Å². The van der Waals surface area contributed by atoms with Gasteiger partial charge < -0.3 is 9.64 Å². The van der Waals surface area contributed by atoms with Crippen molar-refractivity contribution in [3.63, 3.8) is 0 Å². The zero-order valence-corrected chi connectivity index (χ0v) is 14.6. The molecule has 0 atom stereocenters. The summed E-state index contributed by atoms with van der Waals surface area (Å²) >= 11 is 0. The maximum Gasteiger partial charge on any atom is 0.275 e. The first-order chi connectivity index (χ1) is 12.5. The summed E-state index contributed by atoms with van der Waals surface area (Å²) in [6.07, 6.45) is 1.60. The summed E-state index contributed by atoms with van der Waals surface area (Å²) in [7, 11) is 1.67. The van der Waals surface area contributed by atoms with Crippen molar-refractivity contribution < 1.29 is 13.9 Å². The van der Waals surface area contributed by atoms with Gasteiger partial charge in [0.05, 0.1) is 18.4 Å². The van der Waals surface area contributed by atoms with Crippen LogP contribution in [-0.2, 0) is 0 Å². The van der Waals surface area contributed by atoms with Crippen molar-refractivity contribution in [1.82, 2.24) is 19.9 Å². The lowest BCUT2D eigenvalue weighted by molar-refractivity contribution is 0.0768. The summed E-state index contributed by atoms with van der Waals surface area (Å²) in [5, 5.41) is 7.96. The van der Waals surface area contributed by atoms with E-state index in [1.54, 1.807) is 30.1 Å². The molecule has 1 aromatic heterocycles. The Bertz CT molecular complexity index is 875. The number of hydrogen-bond acceptors (Lipinski definition) is 4. The van der Waals surface area contributed by atoms with Gasteiger partial charge in [-0.25, -0.2) is 9.07 Å². The predicted molar refractivity (Wildman–Crippen MR) is 95.0 cm³/mol. The molecule has 0 bridgehead atoms. The monoisotopic (exact) mass is 354 g/mol. The fourth-order valence-electron chi connectivity index (χ4n) is 2.31. The summed E-state index contributed by atoms with van der Waals surface area (Å²) in [5.74, 6) is -0.00931. The van der Waals surface area contributed by atoms with Crippen LogP contribution in [0.25, 0.3) is 5.69 Å². The molecule has 3 rings (SSSR count). The average Bonchev–Trinajstić information content (AvgIpc) is 3.13. The Morgan fingerprint density at radius 3 is 2.54 bits per heavy atom. The fraction of sp³-hybridized carbons (Fsp3) is 0.211. The highest BCUT2D eigenvalue weighted by molar-refractivity contribution is 5.91. The molecule has 7 heteroatoms. The van der Waals surface area contributed by atoms with E-state index in [1.807, 2.05) is 31.2 Å². The first-order valence-corrected chi connectivity index (χ1v) is 8.16. The first-order valence-electron chi connectivity index (χ1n) is 8.16. The summed E-state index contributed by atoms with van der Waals surface area (Å²) in [5.41, 5.74) is 2.24. The Morgan fingerprint density at radius 1 is 1.15 bits per heavy atom. The molecule has 0 aliphatic rings. The molecule has 0 spiro atoms. The van der Waals surface area contributed by atoms with E-state index in [9.17, 15) is 9.18 Å². The summed E-state index contributed by atoms with van der Waals surface area (Å²) in [4.78, 5) is 13.9. The summed E-state index contributed by atoms with van der Waals surface area (Å²) in [6, 6.07) is 13.5. The standard InChI is InChI=1S/C19H19FN4O2/c1-14-3-7-16(8-4-14)24-13-18(21-22-24)19(25)23(2)11-12-26-17-9-5-15(20)6-10-17/h3-10,13H,11-12H2,1-2H3. The molecule has 2 aromatic carbocycles. The van der Waals surface area contributed by atoms with Crippen LogP contribution in [0.4, 0.5) is 4.39 Å². The van der Waals surface area contributed by atoms with Crippen LogP contribution in [0.15, 0.2) is 54.7 Å². The van der Waals surface area contributed by atoms with Gasteiger partial charge in [-0.1, -0.05) is 22.9 Å². The SMILES string of the molecule is Cc1ccc(-n2cc(C(=O)N(C)CCOc3ccc(F)cc3)nn2)cc1. The van der Waals surface area contributed by atoms with Crippen molar-refractivity contribution in [3.8, 4) is 11.4 Å². The lowest BCUT2D eigenvalue weighted by atomic mass is 10.2. The Kier molecular flexibility index (Phi) is 5.26. The van der Waals surface area contributed by atoms with Gasteiger partial charge in [0.15, 0.2) is 5.69 Å². The van der Waals surface area contributed by atoms with Crippen molar-refractivity contribution in [1.29, 1.82) is 0 Å². The molecule has 0 N–H and O–H groups in total.